The maximum Gasteiger partial charge on any atom is 0.210 e. The van der Waals surface area contributed by atoms with E-state index < -0.39 is 17.0 Å². The third-order valence-electron chi connectivity index (χ3n) is 5.86. The maximum absolute atomic E-state index is 10.9. The molecule has 0 radical (unpaired) electrons. The molecule has 1 heterocycles. The highest BCUT2D eigenvalue weighted by Crippen LogP contribution is 2.75. The van der Waals surface area contributed by atoms with Gasteiger partial charge in [0, 0.05) is 18.9 Å². The summed E-state index contributed by atoms with van der Waals surface area (Å²) in [6, 6.07) is 8.43. The highest BCUT2D eigenvalue weighted by atomic mass is 17.3. The molecule has 1 N–H and O–H groups in total. The van der Waals surface area contributed by atoms with Gasteiger partial charge < -0.3 is 9.84 Å². The Morgan fingerprint density at radius 3 is 2.15 bits per heavy atom. The Kier molecular flexibility index (Phi) is 2.32. The van der Waals surface area contributed by atoms with Gasteiger partial charge in [-0.15, -0.1) is 0 Å². The van der Waals surface area contributed by atoms with Crippen molar-refractivity contribution in [3.05, 3.63) is 35.4 Å². The molecule has 20 heavy (non-hydrogen) atoms. The minimum atomic E-state index is -1.36. The molecule has 0 aromatic heterocycles. The first-order chi connectivity index (χ1) is 9.48. The molecule has 1 saturated carbocycles. The van der Waals surface area contributed by atoms with Crippen molar-refractivity contribution in [1.29, 1.82) is 0 Å². The average molecular weight is 276 g/mol. The van der Waals surface area contributed by atoms with Gasteiger partial charge in [-0.3, -0.25) is 0 Å². The minimum Gasteiger partial charge on any atom is -0.363 e. The normalized spacial score (nSPS) is 49.0. The van der Waals surface area contributed by atoms with Crippen molar-refractivity contribution >= 4 is 0 Å². The van der Waals surface area contributed by atoms with E-state index in [4.69, 9.17) is 14.5 Å². The van der Waals surface area contributed by atoms with Gasteiger partial charge in [0.1, 0.15) is 0 Å². The van der Waals surface area contributed by atoms with Crippen LogP contribution in [0.3, 0.4) is 0 Å². The van der Waals surface area contributed by atoms with Gasteiger partial charge in [-0.1, -0.05) is 24.3 Å². The van der Waals surface area contributed by atoms with E-state index >= 15 is 0 Å². The lowest BCUT2D eigenvalue weighted by molar-refractivity contribution is -0.418. The van der Waals surface area contributed by atoms with Crippen LogP contribution in [0.2, 0.25) is 0 Å². The smallest absolute Gasteiger partial charge is 0.210 e. The Labute approximate surface area is 118 Å². The predicted octanol–water partition coefficient (Wildman–Crippen LogP) is 2.68. The summed E-state index contributed by atoms with van der Waals surface area (Å²) >= 11 is 0. The fourth-order valence-corrected chi connectivity index (χ4v) is 5.18. The van der Waals surface area contributed by atoms with Crippen LogP contribution < -0.4 is 0 Å². The summed E-state index contributed by atoms with van der Waals surface area (Å²) < 4.78 is 5.68. The molecule has 4 atom stereocenters. The second-order valence-electron chi connectivity index (χ2n) is 6.48. The molecule has 1 saturated heterocycles. The molecule has 4 nitrogen and oxygen atoms in total. The van der Waals surface area contributed by atoms with Crippen LogP contribution in [0.25, 0.3) is 0 Å². The fourth-order valence-electron chi connectivity index (χ4n) is 5.18. The first-order valence-corrected chi connectivity index (χ1v) is 7.21. The SMILES string of the molecule is CO[C@]1(C)OO[C@](C)(O)C12[C@H]1CC[C@H]2c2ccccc21. The van der Waals surface area contributed by atoms with E-state index in [1.807, 2.05) is 6.92 Å². The van der Waals surface area contributed by atoms with Crippen LogP contribution >= 0.6 is 0 Å². The molecule has 2 bridgehead atoms. The van der Waals surface area contributed by atoms with Crippen molar-refractivity contribution in [3.63, 3.8) is 0 Å². The second-order valence-corrected chi connectivity index (χ2v) is 6.48. The van der Waals surface area contributed by atoms with Gasteiger partial charge in [-0.2, -0.15) is 9.78 Å². The quantitative estimate of drug-likeness (QED) is 0.801. The second kappa shape index (κ2) is 3.63. The Hall–Kier alpha value is -0.940. The Balaban J connectivity index is 1.98. The van der Waals surface area contributed by atoms with Crippen LogP contribution in [0.1, 0.15) is 49.7 Å². The molecule has 4 heteroatoms. The summed E-state index contributed by atoms with van der Waals surface area (Å²) in [4.78, 5) is 10.8. The van der Waals surface area contributed by atoms with Gasteiger partial charge in [-0.25, -0.2) is 0 Å². The standard InChI is InChI=1S/C16H20O4/c1-14(17)16(15(2,18-3)20-19-14)12-8-9-13(16)11-7-5-4-6-10(11)12/h4-7,12-13,17H,8-9H2,1-3H3/t12-,13-,14-,15+/m0/s1. The van der Waals surface area contributed by atoms with Crippen molar-refractivity contribution in [3.8, 4) is 0 Å². The van der Waals surface area contributed by atoms with Crippen LogP contribution in [-0.2, 0) is 14.5 Å². The number of hydrogen-bond donors (Lipinski definition) is 1. The van der Waals surface area contributed by atoms with Crippen LogP contribution in [0.4, 0.5) is 0 Å². The number of rotatable bonds is 1. The van der Waals surface area contributed by atoms with E-state index in [0.29, 0.717) is 0 Å². The van der Waals surface area contributed by atoms with Crippen molar-refractivity contribution in [1.82, 2.24) is 0 Å². The molecule has 1 spiro atoms. The summed E-state index contributed by atoms with van der Waals surface area (Å²) in [7, 11) is 1.62. The third-order valence-corrected chi connectivity index (χ3v) is 5.86. The maximum atomic E-state index is 10.9. The summed E-state index contributed by atoms with van der Waals surface area (Å²) in [5, 5.41) is 10.9. The lowest BCUT2D eigenvalue weighted by Gasteiger charge is -2.44. The van der Waals surface area contributed by atoms with E-state index in [9.17, 15) is 5.11 Å². The zero-order valence-corrected chi connectivity index (χ0v) is 12.1. The van der Waals surface area contributed by atoms with Crippen molar-refractivity contribution < 1.29 is 19.6 Å². The molecule has 0 amide bonds. The molecule has 1 aliphatic heterocycles. The topological polar surface area (TPSA) is 47.9 Å². The van der Waals surface area contributed by atoms with Crippen molar-refractivity contribution in [2.24, 2.45) is 5.41 Å². The average Bonchev–Trinajstić information content (AvgIpc) is 3.05. The predicted molar refractivity (Wildman–Crippen MR) is 71.8 cm³/mol. The van der Waals surface area contributed by atoms with Gasteiger partial charge in [0.25, 0.3) is 0 Å². The summed E-state index contributed by atoms with van der Waals surface area (Å²) in [5.41, 5.74) is 2.03. The number of fused-ring (bicyclic) bond motifs is 3. The molecule has 2 aliphatic carbocycles. The number of methoxy groups -OCH3 is 1. The molecule has 1 aromatic carbocycles. The summed E-state index contributed by atoms with van der Waals surface area (Å²) in [5.74, 6) is -1.90. The fraction of sp³-hybridized carbons (Fsp3) is 0.625. The number of benzene rings is 1. The molecule has 3 aliphatic rings. The number of aliphatic hydroxyl groups is 1. The zero-order valence-electron chi connectivity index (χ0n) is 12.1. The van der Waals surface area contributed by atoms with E-state index in [2.05, 4.69) is 24.3 Å². The van der Waals surface area contributed by atoms with Crippen LogP contribution in [-0.4, -0.2) is 23.8 Å². The van der Waals surface area contributed by atoms with E-state index in [-0.39, 0.29) is 11.8 Å². The molecule has 4 rings (SSSR count). The third kappa shape index (κ3) is 1.11. The Morgan fingerprint density at radius 2 is 1.65 bits per heavy atom. The zero-order chi connectivity index (χ0) is 14.2. The Morgan fingerprint density at radius 1 is 1.10 bits per heavy atom. The van der Waals surface area contributed by atoms with Crippen LogP contribution in [0.5, 0.6) is 0 Å². The first-order valence-electron chi connectivity index (χ1n) is 7.21. The molecular formula is C16H20O4. The van der Waals surface area contributed by atoms with E-state index in [1.54, 1.807) is 14.0 Å². The van der Waals surface area contributed by atoms with Gasteiger partial charge in [-0.05, 0) is 37.8 Å². The van der Waals surface area contributed by atoms with Gasteiger partial charge in [0.2, 0.25) is 11.6 Å². The van der Waals surface area contributed by atoms with E-state index in [0.717, 1.165) is 12.8 Å². The summed E-state index contributed by atoms with van der Waals surface area (Å²) in [6.07, 6.45) is 2.06. The minimum absolute atomic E-state index is 0.200. The van der Waals surface area contributed by atoms with Crippen molar-refractivity contribution in [2.45, 2.75) is 50.1 Å². The molecular weight excluding hydrogens is 256 g/mol. The first kappa shape index (κ1) is 12.8. The number of hydrogen-bond acceptors (Lipinski definition) is 4. The molecule has 0 unspecified atom stereocenters. The molecule has 2 fully saturated rings. The molecule has 108 valence electrons. The monoisotopic (exact) mass is 276 g/mol. The van der Waals surface area contributed by atoms with Crippen LogP contribution in [0, 0.1) is 5.41 Å². The van der Waals surface area contributed by atoms with Gasteiger partial charge in [0.15, 0.2) is 0 Å². The van der Waals surface area contributed by atoms with E-state index in [1.165, 1.54) is 11.1 Å². The Bertz CT molecular complexity index is 536. The number of ether oxygens (including phenoxy) is 1. The lowest BCUT2D eigenvalue weighted by atomic mass is 9.64. The molecule has 1 aromatic rings. The van der Waals surface area contributed by atoms with Crippen LogP contribution in [0.15, 0.2) is 24.3 Å². The highest BCUT2D eigenvalue weighted by Gasteiger charge is 2.79. The largest absolute Gasteiger partial charge is 0.363 e. The van der Waals surface area contributed by atoms with Gasteiger partial charge in [0.05, 0.1) is 5.41 Å². The summed E-state index contributed by atoms with van der Waals surface area (Å²) in [6.45, 7) is 3.58. The lowest BCUT2D eigenvalue weighted by Crippen LogP contribution is -2.56. The van der Waals surface area contributed by atoms with Crippen molar-refractivity contribution in [2.75, 3.05) is 7.11 Å². The highest BCUT2D eigenvalue weighted by molar-refractivity contribution is 5.48. The van der Waals surface area contributed by atoms with Gasteiger partial charge >= 0.3 is 0 Å².